The van der Waals surface area contributed by atoms with Gasteiger partial charge in [0.05, 0.1) is 3.57 Å². The summed E-state index contributed by atoms with van der Waals surface area (Å²) in [5.74, 6) is -1.07. The molecule has 0 saturated carbocycles. The fourth-order valence-corrected chi connectivity index (χ4v) is 1.24. The molecule has 0 bridgehead atoms. The van der Waals surface area contributed by atoms with Gasteiger partial charge in [-0.25, -0.2) is 8.78 Å². The first-order chi connectivity index (χ1) is 4.61. The standard InChI is InChI=1S/C6H2BrF2I/c7-3-1-4(8)6(10)5(9)2-3/h1-2H. The monoisotopic (exact) mass is 318 g/mol. The molecule has 0 saturated heterocycles. The third-order valence-electron chi connectivity index (χ3n) is 0.949. The Balaban J connectivity index is 3.31. The summed E-state index contributed by atoms with van der Waals surface area (Å²) in [5.41, 5.74) is 0. The number of halogens is 4. The summed E-state index contributed by atoms with van der Waals surface area (Å²) in [6.07, 6.45) is 0. The molecule has 54 valence electrons. The van der Waals surface area contributed by atoms with Gasteiger partial charge in [0.15, 0.2) is 0 Å². The van der Waals surface area contributed by atoms with Gasteiger partial charge in [0, 0.05) is 4.47 Å². The van der Waals surface area contributed by atoms with Crippen LogP contribution in [0.15, 0.2) is 16.6 Å². The number of benzene rings is 1. The molecule has 0 atom stereocenters. The SMILES string of the molecule is Fc1cc(Br)cc(F)c1I. The van der Waals surface area contributed by atoms with E-state index in [-0.39, 0.29) is 3.57 Å². The highest BCUT2D eigenvalue weighted by Crippen LogP contribution is 2.20. The van der Waals surface area contributed by atoms with Crippen LogP contribution in [-0.4, -0.2) is 0 Å². The van der Waals surface area contributed by atoms with E-state index in [2.05, 4.69) is 15.9 Å². The zero-order valence-corrected chi connectivity index (χ0v) is 8.41. The summed E-state index contributed by atoms with van der Waals surface area (Å²) >= 11 is 4.58. The van der Waals surface area contributed by atoms with Crippen molar-refractivity contribution in [2.75, 3.05) is 0 Å². The molecule has 0 unspecified atom stereocenters. The minimum atomic E-state index is -0.535. The van der Waals surface area contributed by atoms with E-state index in [9.17, 15) is 8.78 Å². The fraction of sp³-hybridized carbons (Fsp3) is 0. The summed E-state index contributed by atoms with van der Waals surface area (Å²) in [6, 6.07) is 2.45. The van der Waals surface area contributed by atoms with E-state index in [0.29, 0.717) is 4.47 Å². The lowest BCUT2D eigenvalue weighted by atomic mass is 10.3. The number of hydrogen-bond donors (Lipinski definition) is 0. The van der Waals surface area contributed by atoms with E-state index in [4.69, 9.17) is 0 Å². The second kappa shape index (κ2) is 3.13. The highest BCUT2D eigenvalue weighted by Gasteiger charge is 2.05. The van der Waals surface area contributed by atoms with E-state index in [1.807, 2.05) is 0 Å². The Hall–Kier alpha value is 0.290. The Morgan fingerprint density at radius 1 is 1.20 bits per heavy atom. The first-order valence-electron chi connectivity index (χ1n) is 2.41. The molecule has 0 fully saturated rings. The molecule has 0 amide bonds. The highest BCUT2D eigenvalue weighted by molar-refractivity contribution is 14.1. The van der Waals surface area contributed by atoms with E-state index < -0.39 is 11.6 Å². The molecule has 0 aliphatic heterocycles. The zero-order valence-electron chi connectivity index (χ0n) is 4.67. The molecule has 1 aromatic rings. The van der Waals surface area contributed by atoms with Crippen LogP contribution < -0.4 is 0 Å². The van der Waals surface area contributed by atoms with E-state index in [1.165, 1.54) is 12.1 Å². The first-order valence-corrected chi connectivity index (χ1v) is 4.28. The molecule has 0 aliphatic rings. The Kier molecular flexibility index (Phi) is 2.62. The van der Waals surface area contributed by atoms with Gasteiger partial charge < -0.3 is 0 Å². The van der Waals surface area contributed by atoms with Crippen LogP contribution in [0.1, 0.15) is 0 Å². The van der Waals surface area contributed by atoms with Gasteiger partial charge in [0.1, 0.15) is 11.6 Å². The van der Waals surface area contributed by atoms with Crippen molar-refractivity contribution in [1.29, 1.82) is 0 Å². The van der Waals surface area contributed by atoms with E-state index in [0.717, 1.165) is 0 Å². The molecule has 0 heterocycles. The van der Waals surface area contributed by atoms with Crippen molar-refractivity contribution < 1.29 is 8.78 Å². The zero-order chi connectivity index (χ0) is 7.72. The summed E-state index contributed by atoms with van der Waals surface area (Å²) in [6.45, 7) is 0. The Labute approximate surface area is 78.9 Å². The Morgan fingerprint density at radius 2 is 1.60 bits per heavy atom. The van der Waals surface area contributed by atoms with Gasteiger partial charge in [-0.3, -0.25) is 0 Å². The summed E-state index contributed by atoms with van der Waals surface area (Å²) < 4.78 is 25.6. The lowest BCUT2D eigenvalue weighted by molar-refractivity contribution is 0.569. The number of rotatable bonds is 0. The Bertz CT molecular complexity index is 239. The van der Waals surface area contributed by atoms with Crippen molar-refractivity contribution in [2.24, 2.45) is 0 Å². The second-order valence-corrected chi connectivity index (χ2v) is 3.68. The minimum Gasteiger partial charge on any atom is -0.206 e. The van der Waals surface area contributed by atoms with Crippen LogP contribution in [0, 0.1) is 15.2 Å². The van der Waals surface area contributed by atoms with Gasteiger partial charge in [-0.1, -0.05) is 15.9 Å². The molecular weight excluding hydrogens is 317 g/mol. The molecule has 0 aromatic heterocycles. The maximum Gasteiger partial charge on any atom is 0.140 e. The predicted octanol–water partition coefficient (Wildman–Crippen LogP) is 3.33. The lowest BCUT2D eigenvalue weighted by Crippen LogP contribution is -1.86. The van der Waals surface area contributed by atoms with Crippen molar-refractivity contribution in [3.05, 3.63) is 31.8 Å². The smallest absolute Gasteiger partial charge is 0.140 e. The first kappa shape index (κ1) is 8.39. The largest absolute Gasteiger partial charge is 0.206 e. The van der Waals surface area contributed by atoms with Crippen molar-refractivity contribution >= 4 is 38.5 Å². The van der Waals surface area contributed by atoms with Gasteiger partial charge in [0.2, 0.25) is 0 Å². The van der Waals surface area contributed by atoms with Crippen LogP contribution in [0.4, 0.5) is 8.78 Å². The van der Waals surface area contributed by atoms with Gasteiger partial charge in [-0.15, -0.1) is 0 Å². The van der Waals surface area contributed by atoms with Crippen LogP contribution in [0.25, 0.3) is 0 Å². The maximum absolute atomic E-state index is 12.6. The van der Waals surface area contributed by atoms with Crippen molar-refractivity contribution in [2.45, 2.75) is 0 Å². The lowest BCUT2D eigenvalue weighted by Gasteiger charge is -1.95. The van der Waals surface area contributed by atoms with Gasteiger partial charge in [0.25, 0.3) is 0 Å². The molecule has 0 N–H and O–H groups in total. The van der Waals surface area contributed by atoms with Crippen molar-refractivity contribution in [3.8, 4) is 0 Å². The molecule has 4 heteroatoms. The fourth-order valence-electron chi connectivity index (χ4n) is 0.525. The van der Waals surface area contributed by atoms with Gasteiger partial charge in [-0.2, -0.15) is 0 Å². The van der Waals surface area contributed by atoms with Crippen LogP contribution in [0.2, 0.25) is 0 Å². The quantitative estimate of drug-likeness (QED) is 0.391. The molecule has 10 heavy (non-hydrogen) atoms. The van der Waals surface area contributed by atoms with Crippen molar-refractivity contribution in [3.63, 3.8) is 0 Å². The molecule has 0 nitrogen and oxygen atoms in total. The van der Waals surface area contributed by atoms with Crippen LogP contribution in [0.5, 0.6) is 0 Å². The summed E-state index contributed by atoms with van der Waals surface area (Å²) in [4.78, 5) is 0. The highest BCUT2D eigenvalue weighted by atomic mass is 127. The Morgan fingerprint density at radius 3 is 2.00 bits per heavy atom. The molecule has 1 rings (SSSR count). The average molecular weight is 319 g/mol. The van der Waals surface area contributed by atoms with Gasteiger partial charge >= 0.3 is 0 Å². The summed E-state index contributed by atoms with van der Waals surface area (Å²) in [5, 5.41) is 0. The van der Waals surface area contributed by atoms with E-state index >= 15 is 0 Å². The molecule has 0 radical (unpaired) electrons. The normalized spacial score (nSPS) is 10.0. The summed E-state index contributed by atoms with van der Waals surface area (Å²) in [7, 11) is 0. The molecule has 1 aromatic carbocycles. The molecular formula is C6H2BrF2I. The van der Waals surface area contributed by atoms with Crippen molar-refractivity contribution in [1.82, 2.24) is 0 Å². The third kappa shape index (κ3) is 1.66. The maximum atomic E-state index is 12.6. The van der Waals surface area contributed by atoms with Crippen LogP contribution in [-0.2, 0) is 0 Å². The van der Waals surface area contributed by atoms with E-state index in [1.54, 1.807) is 22.6 Å². The molecule has 0 spiro atoms. The topological polar surface area (TPSA) is 0 Å². The predicted molar refractivity (Wildman–Crippen MR) is 46.8 cm³/mol. The van der Waals surface area contributed by atoms with Crippen LogP contribution in [0.3, 0.4) is 0 Å². The van der Waals surface area contributed by atoms with Crippen LogP contribution >= 0.6 is 38.5 Å². The minimum absolute atomic E-state index is 0.0285. The number of hydrogen-bond acceptors (Lipinski definition) is 0. The second-order valence-electron chi connectivity index (χ2n) is 1.68. The van der Waals surface area contributed by atoms with Gasteiger partial charge in [-0.05, 0) is 34.7 Å². The average Bonchev–Trinajstić information content (AvgIpc) is 1.82. The third-order valence-corrected chi connectivity index (χ3v) is 2.44. The molecule has 0 aliphatic carbocycles.